The predicted octanol–water partition coefficient (Wildman–Crippen LogP) is 1.61. The minimum atomic E-state index is 0. The summed E-state index contributed by atoms with van der Waals surface area (Å²) in [6.45, 7) is 1.64. The predicted molar refractivity (Wildman–Crippen MR) is 71.5 cm³/mol. The molecular weight excluding hydrogens is 260 g/mol. The highest BCUT2D eigenvalue weighted by Gasteiger charge is 2.26. The van der Waals surface area contributed by atoms with Crippen LogP contribution in [0.4, 0.5) is 0 Å². The van der Waals surface area contributed by atoms with E-state index in [1.54, 1.807) is 13.2 Å². The molecule has 1 aromatic heterocycles. The molecule has 0 bridgehead atoms. The van der Waals surface area contributed by atoms with Gasteiger partial charge in [-0.25, -0.2) is 0 Å². The number of nitrogens with one attached hydrogen (secondary N) is 1. The zero-order valence-electron chi connectivity index (χ0n) is 9.93. The van der Waals surface area contributed by atoms with Gasteiger partial charge in [0.25, 0.3) is 5.91 Å². The van der Waals surface area contributed by atoms with Crippen LogP contribution in [-0.2, 0) is 0 Å². The SMILES string of the molecule is CNC1CCN(C(=O)c2cc(OC)cs2)C1.Cl. The van der Waals surface area contributed by atoms with Crippen molar-refractivity contribution in [2.24, 2.45) is 0 Å². The van der Waals surface area contributed by atoms with Crippen molar-refractivity contribution < 1.29 is 9.53 Å². The number of carbonyl (C=O) groups is 1. The zero-order valence-corrected chi connectivity index (χ0v) is 11.6. The Hall–Kier alpha value is -0.780. The third kappa shape index (κ3) is 3.12. The molecule has 2 rings (SSSR count). The molecule has 1 saturated heterocycles. The minimum absolute atomic E-state index is 0. The molecule has 1 N–H and O–H groups in total. The van der Waals surface area contributed by atoms with Crippen LogP contribution in [0, 0.1) is 0 Å². The minimum Gasteiger partial charge on any atom is -0.496 e. The highest BCUT2D eigenvalue weighted by Crippen LogP contribution is 2.23. The molecule has 2 heterocycles. The van der Waals surface area contributed by atoms with Crippen molar-refractivity contribution in [1.29, 1.82) is 0 Å². The number of thiophene rings is 1. The summed E-state index contributed by atoms with van der Waals surface area (Å²) in [6, 6.07) is 2.24. The van der Waals surface area contributed by atoms with Gasteiger partial charge in [-0.15, -0.1) is 23.7 Å². The third-order valence-corrected chi connectivity index (χ3v) is 3.80. The molecule has 1 atom stereocenters. The van der Waals surface area contributed by atoms with Crippen LogP contribution in [0.15, 0.2) is 11.4 Å². The third-order valence-electron chi connectivity index (χ3n) is 2.91. The summed E-state index contributed by atoms with van der Waals surface area (Å²) < 4.78 is 5.08. The van der Waals surface area contributed by atoms with Gasteiger partial charge in [0.1, 0.15) is 5.75 Å². The summed E-state index contributed by atoms with van der Waals surface area (Å²) >= 11 is 1.44. The fourth-order valence-electron chi connectivity index (χ4n) is 1.87. The van der Waals surface area contributed by atoms with Crippen LogP contribution in [-0.4, -0.2) is 44.1 Å². The number of rotatable bonds is 3. The Morgan fingerprint density at radius 3 is 2.94 bits per heavy atom. The lowest BCUT2D eigenvalue weighted by Crippen LogP contribution is -2.33. The number of amides is 1. The van der Waals surface area contributed by atoms with Crippen molar-refractivity contribution in [3.05, 3.63) is 16.3 Å². The largest absolute Gasteiger partial charge is 0.496 e. The van der Waals surface area contributed by atoms with E-state index >= 15 is 0 Å². The van der Waals surface area contributed by atoms with Crippen LogP contribution in [0.1, 0.15) is 16.1 Å². The van der Waals surface area contributed by atoms with E-state index in [9.17, 15) is 4.79 Å². The van der Waals surface area contributed by atoms with Gasteiger partial charge in [-0.3, -0.25) is 4.79 Å². The summed E-state index contributed by atoms with van der Waals surface area (Å²) in [4.78, 5) is 14.7. The summed E-state index contributed by atoms with van der Waals surface area (Å²) in [5, 5.41) is 5.06. The van der Waals surface area contributed by atoms with E-state index in [4.69, 9.17) is 4.74 Å². The van der Waals surface area contributed by atoms with Crippen molar-refractivity contribution in [3.8, 4) is 5.75 Å². The van der Waals surface area contributed by atoms with Crippen LogP contribution in [0.3, 0.4) is 0 Å². The standard InChI is InChI=1S/C11H16N2O2S.ClH/c1-12-8-3-4-13(6-8)11(14)10-5-9(15-2)7-16-10;/h5,7-8,12H,3-4,6H2,1-2H3;1H. The molecule has 0 spiro atoms. The second kappa shape index (κ2) is 6.23. The number of carbonyl (C=O) groups excluding carboxylic acids is 1. The highest BCUT2D eigenvalue weighted by molar-refractivity contribution is 7.12. The summed E-state index contributed by atoms with van der Waals surface area (Å²) in [6.07, 6.45) is 1.03. The first-order chi connectivity index (χ1) is 7.74. The smallest absolute Gasteiger partial charge is 0.264 e. The summed E-state index contributed by atoms with van der Waals surface area (Å²) in [7, 11) is 3.55. The van der Waals surface area contributed by atoms with E-state index in [2.05, 4.69) is 5.32 Å². The van der Waals surface area contributed by atoms with Crippen molar-refractivity contribution in [1.82, 2.24) is 10.2 Å². The molecule has 1 unspecified atom stereocenters. The lowest BCUT2D eigenvalue weighted by molar-refractivity contribution is 0.0794. The zero-order chi connectivity index (χ0) is 11.5. The quantitative estimate of drug-likeness (QED) is 0.912. The lowest BCUT2D eigenvalue weighted by atomic mass is 10.3. The van der Waals surface area contributed by atoms with Gasteiger partial charge in [-0.2, -0.15) is 0 Å². The number of ether oxygens (including phenoxy) is 1. The molecule has 0 saturated carbocycles. The van der Waals surface area contributed by atoms with E-state index in [1.807, 2.05) is 17.3 Å². The Balaban J connectivity index is 0.00000144. The Morgan fingerprint density at radius 1 is 1.65 bits per heavy atom. The Bertz CT molecular complexity index is 383. The number of halogens is 1. The molecule has 0 aromatic carbocycles. The van der Waals surface area contributed by atoms with Gasteiger partial charge in [0.05, 0.1) is 12.0 Å². The molecule has 1 aromatic rings. The molecule has 6 heteroatoms. The second-order valence-electron chi connectivity index (χ2n) is 3.88. The van der Waals surface area contributed by atoms with E-state index in [0.717, 1.165) is 30.1 Å². The maximum atomic E-state index is 12.1. The lowest BCUT2D eigenvalue weighted by Gasteiger charge is -2.14. The van der Waals surface area contributed by atoms with Crippen LogP contribution >= 0.6 is 23.7 Å². The molecule has 1 aliphatic rings. The first-order valence-electron chi connectivity index (χ1n) is 5.33. The highest BCUT2D eigenvalue weighted by atomic mass is 35.5. The number of nitrogens with zero attached hydrogens (tertiary/aromatic N) is 1. The number of likely N-dealkylation sites (tertiary alicyclic amines) is 1. The Kier molecular flexibility index (Phi) is 5.24. The van der Waals surface area contributed by atoms with Gasteiger partial charge in [0.2, 0.25) is 0 Å². The molecule has 17 heavy (non-hydrogen) atoms. The fourth-order valence-corrected chi connectivity index (χ4v) is 2.70. The topological polar surface area (TPSA) is 41.6 Å². The van der Waals surface area contributed by atoms with E-state index < -0.39 is 0 Å². The van der Waals surface area contributed by atoms with Gasteiger partial charge in [0, 0.05) is 30.6 Å². The van der Waals surface area contributed by atoms with Crippen LogP contribution in [0.2, 0.25) is 0 Å². The monoisotopic (exact) mass is 276 g/mol. The van der Waals surface area contributed by atoms with Gasteiger partial charge >= 0.3 is 0 Å². The van der Waals surface area contributed by atoms with Gasteiger partial charge in [-0.05, 0) is 13.5 Å². The molecule has 1 fully saturated rings. The molecule has 0 radical (unpaired) electrons. The second-order valence-corrected chi connectivity index (χ2v) is 4.79. The van der Waals surface area contributed by atoms with Crippen LogP contribution in [0.25, 0.3) is 0 Å². The average Bonchev–Trinajstić information content (AvgIpc) is 2.97. The van der Waals surface area contributed by atoms with Crippen molar-refractivity contribution in [2.75, 3.05) is 27.2 Å². The molecule has 1 amide bonds. The average molecular weight is 277 g/mol. The molecule has 0 aliphatic carbocycles. The van der Waals surface area contributed by atoms with Crippen LogP contribution < -0.4 is 10.1 Å². The Morgan fingerprint density at radius 2 is 2.41 bits per heavy atom. The normalized spacial score (nSPS) is 18.9. The Labute approximate surface area is 111 Å². The first kappa shape index (κ1) is 14.3. The fraction of sp³-hybridized carbons (Fsp3) is 0.545. The van der Waals surface area contributed by atoms with E-state index in [1.165, 1.54) is 11.3 Å². The number of hydrogen-bond donors (Lipinski definition) is 1. The maximum Gasteiger partial charge on any atom is 0.264 e. The van der Waals surface area contributed by atoms with Gasteiger partial charge in [-0.1, -0.05) is 0 Å². The van der Waals surface area contributed by atoms with Crippen molar-refractivity contribution in [2.45, 2.75) is 12.5 Å². The van der Waals surface area contributed by atoms with Gasteiger partial charge < -0.3 is 15.0 Å². The van der Waals surface area contributed by atoms with Crippen molar-refractivity contribution >= 4 is 29.7 Å². The van der Waals surface area contributed by atoms with Gasteiger partial charge in [0.15, 0.2) is 0 Å². The molecular formula is C11H17ClN2O2S. The van der Waals surface area contributed by atoms with E-state index in [0.29, 0.717) is 6.04 Å². The molecule has 96 valence electrons. The summed E-state index contributed by atoms with van der Waals surface area (Å²) in [5.74, 6) is 0.878. The van der Waals surface area contributed by atoms with Crippen molar-refractivity contribution in [3.63, 3.8) is 0 Å². The summed E-state index contributed by atoms with van der Waals surface area (Å²) in [5.41, 5.74) is 0. The first-order valence-corrected chi connectivity index (χ1v) is 6.21. The van der Waals surface area contributed by atoms with E-state index in [-0.39, 0.29) is 18.3 Å². The van der Waals surface area contributed by atoms with Crippen LogP contribution in [0.5, 0.6) is 5.75 Å². The number of likely N-dealkylation sites (N-methyl/N-ethyl adjacent to an activating group) is 1. The maximum absolute atomic E-state index is 12.1. The number of methoxy groups -OCH3 is 1. The number of hydrogen-bond acceptors (Lipinski definition) is 4. The molecule has 4 nitrogen and oxygen atoms in total. The molecule has 1 aliphatic heterocycles.